The molecular formula is C28H27N7O8. The van der Waals surface area contributed by atoms with Crippen LogP contribution in [0.3, 0.4) is 0 Å². The van der Waals surface area contributed by atoms with Crippen LogP contribution in [-0.4, -0.2) is 63.3 Å². The largest absolute Gasteiger partial charge is 0.425 e. The Morgan fingerprint density at radius 2 is 1.95 bits per heavy atom. The van der Waals surface area contributed by atoms with Gasteiger partial charge >= 0.3 is 12.1 Å². The van der Waals surface area contributed by atoms with Gasteiger partial charge in [-0.25, -0.2) is 19.1 Å². The summed E-state index contributed by atoms with van der Waals surface area (Å²) >= 11 is 0. The van der Waals surface area contributed by atoms with Crippen LogP contribution in [0.15, 0.2) is 59.7 Å². The summed E-state index contributed by atoms with van der Waals surface area (Å²) in [5.41, 5.74) is 2.95. The second kappa shape index (κ2) is 13.7. The van der Waals surface area contributed by atoms with Crippen LogP contribution >= 0.6 is 0 Å². The summed E-state index contributed by atoms with van der Waals surface area (Å²) in [5.74, 6) is -1.78. The number of hydrogen-bond acceptors (Lipinski definition) is 12. The predicted octanol–water partition coefficient (Wildman–Crippen LogP) is 3.26. The summed E-state index contributed by atoms with van der Waals surface area (Å²) in [6.45, 7) is 5.25. The first-order valence-corrected chi connectivity index (χ1v) is 12.9. The van der Waals surface area contributed by atoms with Crippen LogP contribution in [-0.2, 0) is 19.1 Å². The van der Waals surface area contributed by atoms with E-state index in [0.29, 0.717) is 45.9 Å². The van der Waals surface area contributed by atoms with Gasteiger partial charge < -0.3 is 24.6 Å². The molecule has 0 spiro atoms. The Morgan fingerprint density at radius 1 is 1.14 bits per heavy atom. The number of imide groups is 1. The molecule has 0 saturated carbocycles. The zero-order valence-electron chi connectivity index (χ0n) is 23.4. The molecule has 0 saturated heterocycles. The number of nitrogens with one attached hydrogen (secondary N) is 2. The number of aromatic nitrogens is 4. The second-order valence-electron chi connectivity index (χ2n) is 8.97. The summed E-state index contributed by atoms with van der Waals surface area (Å²) in [7, 11) is 0. The van der Waals surface area contributed by atoms with E-state index in [0.717, 1.165) is 30.4 Å². The molecule has 3 amide bonds. The first kappa shape index (κ1) is 30.1. The van der Waals surface area contributed by atoms with Crippen molar-refractivity contribution < 1.29 is 38.0 Å². The van der Waals surface area contributed by atoms with Crippen molar-refractivity contribution in [1.29, 1.82) is 0 Å². The van der Waals surface area contributed by atoms with Gasteiger partial charge in [-0.15, -0.1) is 0 Å². The molecule has 2 N–H and O–H groups in total. The number of rotatable bonds is 11. The SMILES string of the molecule is CCCNC(=O)c1cn2ncnc(Nc3cc(C(=O)N(C(=O)OCOC(=O)/C=C/C=O)c4ccon4)ccc3C)c2c1C. The minimum atomic E-state index is -1.20. The van der Waals surface area contributed by atoms with Gasteiger partial charge in [0, 0.05) is 36.1 Å². The molecular weight excluding hydrogens is 562 g/mol. The van der Waals surface area contributed by atoms with E-state index in [9.17, 15) is 24.0 Å². The molecule has 3 heterocycles. The Bertz CT molecular complexity index is 1690. The van der Waals surface area contributed by atoms with Crippen LogP contribution in [0, 0.1) is 13.8 Å². The predicted molar refractivity (Wildman–Crippen MR) is 151 cm³/mol. The van der Waals surface area contributed by atoms with Crippen LogP contribution < -0.4 is 15.5 Å². The summed E-state index contributed by atoms with van der Waals surface area (Å²) in [6, 6.07) is 5.94. The van der Waals surface area contributed by atoms with Crippen LogP contribution in [0.25, 0.3) is 5.52 Å². The van der Waals surface area contributed by atoms with Crippen molar-refractivity contribution in [2.75, 3.05) is 23.6 Å². The number of aryl methyl sites for hydroxylation is 2. The van der Waals surface area contributed by atoms with Gasteiger partial charge in [0.15, 0.2) is 11.6 Å². The molecule has 0 unspecified atom stereocenters. The van der Waals surface area contributed by atoms with Crippen molar-refractivity contribution >= 4 is 53.0 Å². The molecule has 0 aliphatic heterocycles. The molecule has 15 heteroatoms. The molecule has 1 aromatic carbocycles. The summed E-state index contributed by atoms with van der Waals surface area (Å²) in [6.07, 6.45) is 5.82. The normalized spacial score (nSPS) is 10.9. The Morgan fingerprint density at radius 3 is 2.67 bits per heavy atom. The summed E-state index contributed by atoms with van der Waals surface area (Å²) in [4.78, 5) is 65.9. The summed E-state index contributed by atoms with van der Waals surface area (Å²) in [5, 5.41) is 13.9. The van der Waals surface area contributed by atoms with E-state index in [1.807, 2.05) is 6.92 Å². The monoisotopic (exact) mass is 589 g/mol. The molecule has 0 radical (unpaired) electrons. The number of amides is 3. The maximum atomic E-state index is 13.6. The number of nitrogens with zero attached hydrogens (tertiary/aromatic N) is 5. The minimum absolute atomic E-state index is 0.0655. The van der Waals surface area contributed by atoms with Crippen molar-refractivity contribution in [3.8, 4) is 0 Å². The highest BCUT2D eigenvalue weighted by molar-refractivity contribution is 6.19. The molecule has 222 valence electrons. The molecule has 0 aliphatic carbocycles. The lowest BCUT2D eigenvalue weighted by molar-refractivity contribution is -0.145. The van der Waals surface area contributed by atoms with Crippen molar-refractivity contribution in [2.45, 2.75) is 27.2 Å². The van der Waals surface area contributed by atoms with Crippen LogP contribution in [0.2, 0.25) is 0 Å². The third-order valence-corrected chi connectivity index (χ3v) is 6.08. The van der Waals surface area contributed by atoms with Gasteiger partial charge in [0.1, 0.15) is 24.4 Å². The van der Waals surface area contributed by atoms with E-state index < -0.39 is 24.8 Å². The van der Waals surface area contributed by atoms with Gasteiger partial charge in [0.05, 0.1) is 5.56 Å². The van der Waals surface area contributed by atoms with E-state index >= 15 is 0 Å². The molecule has 0 bridgehead atoms. The van der Waals surface area contributed by atoms with E-state index in [1.165, 1.54) is 24.5 Å². The first-order chi connectivity index (χ1) is 20.7. The molecule has 0 fully saturated rings. The Kier molecular flexibility index (Phi) is 9.57. The van der Waals surface area contributed by atoms with Gasteiger partial charge in [-0.1, -0.05) is 18.1 Å². The van der Waals surface area contributed by atoms with E-state index in [2.05, 4.69) is 25.9 Å². The maximum absolute atomic E-state index is 13.6. The minimum Gasteiger partial charge on any atom is -0.425 e. The Balaban J connectivity index is 1.60. The lowest BCUT2D eigenvalue weighted by Crippen LogP contribution is -2.38. The highest BCUT2D eigenvalue weighted by atomic mass is 16.7. The molecule has 4 aromatic rings. The average Bonchev–Trinajstić information content (AvgIpc) is 3.64. The van der Waals surface area contributed by atoms with Crippen molar-refractivity contribution in [1.82, 2.24) is 25.1 Å². The highest BCUT2D eigenvalue weighted by Gasteiger charge is 2.29. The number of ether oxygens (including phenoxy) is 2. The number of allylic oxidation sites excluding steroid dienone is 1. The fraction of sp³-hybridized carbons (Fsp3) is 0.214. The smallest absolute Gasteiger partial charge is 0.425 e. The van der Waals surface area contributed by atoms with E-state index in [4.69, 9.17) is 14.0 Å². The summed E-state index contributed by atoms with van der Waals surface area (Å²) < 4.78 is 16.0. The number of aldehydes is 1. The van der Waals surface area contributed by atoms with Crippen molar-refractivity contribution in [3.63, 3.8) is 0 Å². The molecule has 43 heavy (non-hydrogen) atoms. The zero-order valence-corrected chi connectivity index (χ0v) is 23.4. The van der Waals surface area contributed by atoms with Gasteiger partial charge in [-0.05, 0) is 49.6 Å². The Labute approximate surface area is 244 Å². The van der Waals surface area contributed by atoms with Crippen LogP contribution in [0.1, 0.15) is 45.2 Å². The quantitative estimate of drug-likeness (QED) is 0.113. The lowest BCUT2D eigenvalue weighted by Gasteiger charge is -2.18. The number of carbonyl (C=O) groups excluding carboxylic acids is 5. The number of carbonyl (C=O) groups is 5. The number of fused-ring (bicyclic) bond motifs is 1. The van der Waals surface area contributed by atoms with Gasteiger partial charge in [0.25, 0.3) is 11.8 Å². The van der Waals surface area contributed by atoms with Gasteiger partial charge in [-0.3, -0.25) is 14.4 Å². The zero-order chi connectivity index (χ0) is 30.9. The number of benzene rings is 1. The third-order valence-electron chi connectivity index (χ3n) is 6.08. The first-order valence-electron chi connectivity index (χ1n) is 12.9. The van der Waals surface area contributed by atoms with Crippen molar-refractivity contribution in [3.05, 3.63) is 77.5 Å². The van der Waals surface area contributed by atoms with Crippen LogP contribution in [0.5, 0.6) is 0 Å². The molecule has 3 aromatic heterocycles. The number of hydrogen-bond donors (Lipinski definition) is 2. The topological polar surface area (TPSA) is 187 Å². The fourth-order valence-electron chi connectivity index (χ4n) is 3.93. The van der Waals surface area contributed by atoms with Gasteiger partial charge in [-0.2, -0.15) is 10.00 Å². The Hall–Kier alpha value is -5.86. The van der Waals surface area contributed by atoms with E-state index in [1.54, 1.807) is 30.6 Å². The average molecular weight is 590 g/mol. The lowest BCUT2D eigenvalue weighted by atomic mass is 10.1. The fourth-order valence-corrected chi connectivity index (χ4v) is 3.93. The number of esters is 1. The molecule has 4 rings (SSSR count). The standard InChI is InChI=1S/C28H27N7O8/c1-4-10-29-26(38)20-14-34-24(18(20)3)25(30-15-31-34)32-21-13-19(8-7-17(21)2)27(39)35(22-9-12-43-33-22)28(40)42-16-41-23(37)6-5-11-36/h5-9,11-15H,4,10,16H2,1-3H3,(H,29,38)(H,30,31,32)/b6-5+. The van der Waals surface area contributed by atoms with Gasteiger partial charge in [0.2, 0.25) is 6.79 Å². The molecule has 15 nitrogen and oxygen atoms in total. The number of anilines is 3. The molecule has 0 atom stereocenters. The third kappa shape index (κ3) is 6.90. The maximum Gasteiger partial charge on any atom is 0.425 e. The second-order valence-corrected chi connectivity index (χ2v) is 8.97. The molecule has 0 aliphatic rings. The van der Waals surface area contributed by atoms with Crippen molar-refractivity contribution in [2.24, 2.45) is 0 Å². The van der Waals surface area contributed by atoms with E-state index in [-0.39, 0.29) is 17.3 Å². The van der Waals surface area contributed by atoms with Crippen LogP contribution in [0.4, 0.5) is 22.1 Å². The highest BCUT2D eigenvalue weighted by Crippen LogP contribution is 2.28.